The molecule has 8 nitrogen and oxygen atoms in total. The summed E-state index contributed by atoms with van der Waals surface area (Å²) < 4.78 is 0.945. The lowest BCUT2D eigenvalue weighted by Gasteiger charge is -2.12. The SMILES string of the molecule is CNC(=O)NC(=O)[C@H](C)n1nnc2ccccc2c1=O. The summed E-state index contributed by atoms with van der Waals surface area (Å²) in [6.45, 7) is 1.46. The summed E-state index contributed by atoms with van der Waals surface area (Å²) in [6.07, 6.45) is 0. The van der Waals surface area contributed by atoms with Crippen LogP contribution in [-0.2, 0) is 4.79 Å². The van der Waals surface area contributed by atoms with E-state index < -0.39 is 23.5 Å². The van der Waals surface area contributed by atoms with Crippen molar-refractivity contribution in [2.45, 2.75) is 13.0 Å². The van der Waals surface area contributed by atoms with Crippen molar-refractivity contribution in [2.24, 2.45) is 0 Å². The molecule has 0 saturated heterocycles. The van der Waals surface area contributed by atoms with Gasteiger partial charge in [-0.1, -0.05) is 17.3 Å². The van der Waals surface area contributed by atoms with Gasteiger partial charge in [-0.25, -0.2) is 4.79 Å². The van der Waals surface area contributed by atoms with Crippen molar-refractivity contribution in [3.05, 3.63) is 34.6 Å². The number of imide groups is 1. The third-order valence-corrected chi connectivity index (χ3v) is 2.80. The molecular formula is C12H13N5O3. The molecule has 20 heavy (non-hydrogen) atoms. The van der Waals surface area contributed by atoms with Crippen LogP contribution in [0.4, 0.5) is 4.79 Å². The number of urea groups is 1. The molecule has 1 heterocycles. The maximum atomic E-state index is 12.2. The third-order valence-electron chi connectivity index (χ3n) is 2.80. The Morgan fingerprint density at radius 3 is 2.70 bits per heavy atom. The molecule has 0 aliphatic rings. The topological polar surface area (TPSA) is 106 Å². The quantitative estimate of drug-likeness (QED) is 0.790. The van der Waals surface area contributed by atoms with Gasteiger partial charge >= 0.3 is 6.03 Å². The molecule has 104 valence electrons. The van der Waals surface area contributed by atoms with E-state index in [4.69, 9.17) is 0 Å². The first-order valence-electron chi connectivity index (χ1n) is 5.91. The smallest absolute Gasteiger partial charge is 0.321 e. The molecule has 0 radical (unpaired) electrons. The molecule has 2 aromatic rings. The van der Waals surface area contributed by atoms with Crippen LogP contribution in [-0.4, -0.2) is 34.0 Å². The van der Waals surface area contributed by atoms with Crippen molar-refractivity contribution in [3.63, 3.8) is 0 Å². The fourth-order valence-electron chi connectivity index (χ4n) is 1.65. The molecule has 1 aromatic heterocycles. The van der Waals surface area contributed by atoms with Crippen LogP contribution in [0.15, 0.2) is 29.1 Å². The highest BCUT2D eigenvalue weighted by molar-refractivity contribution is 5.95. The van der Waals surface area contributed by atoms with Crippen LogP contribution in [0, 0.1) is 0 Å². The summed E-state index contributed by atoms with van der Waals surface area (Å²) in [7, 11) is 1.38. The highest BCUT2D eigenvalue weighted by Crippen LogP contribution is 2.06. The molecule has 0 spiro atoms. The van der Waals surface area contributed by atoms with Crippen LogP contribution in [0.3, 0.4) is 0 Å². The Hall–Kier alpha value is -2.77. The zero-order chi connectivity index (χ0) is 14.7. The summed E-state index contributed by atoms with van der Waals surface area (Å²) in [4.78, 5) is 35.1. The van der Waals surface area contributed by atoms with Gasteiger partial charge in [0.05, 0.1) is 5.39 Å². The number of hydrogen-bond donors (Lipinski definition) is 2. The molecule has 1 atom stereocenters. The van der Waals surface area contributed by atoms with Crippen LogP contribution in [0.1, 0.15) is 13.0 Å². The van der Waals surface area contributed by atoms with Gasteiger partial charge in [0.1, 0.15) is 11.6 Å². The Balaban J connectivity index is 2.38. The first kappa shape index (κ1) is 13.7. The van der Waals surface area contributed by atoms with Crippen molar-refractivity contribution in [3.8, 4) is 0 Å². The summed E-state index contributed by atoms with van der Waals surface area (Å²) in [5.74, 6) is -0.643. The zero-order valence-electron chi connectivity index (χ0n) is 11.0. The Morgan fingerprint density at radius 1 is 1.30 bits per heavy atom. The lowest BCUT2D eigenvalue weighted by atomic mass is 10.2. The number of carbonyl (C=O) groups excluding carboxylic acids is 2. The Kier molecular flexibility index (Phi) is 3.74. The standard InChI is InChI=1S/C12H13N5O3/c1-7(10(18)14-12(20)13-2)17-11(19)8-5-3-4-6-9(8)15-16-17/h3-7H,1-2H3,(H2,13,14,18,20)/t7-/m0/s1. The minimum Gasteiger partial charge on any atom is -0.341 e. The number of aromatic nitrogens is 3. The second kappa shape index (κ2) is 5.47. The number of nitrogens with zero attached hydrogens (tertiary/aromatic N) is 3. The third kappa shape index (κ3) is 2.48. The molecule has 0 unspecified atom stereocenters. The zero-order valence-corrected chi connectivity index (χ0v) is 11.0. The van der Waals surface area contributed by atoms with Crippen molar-refractivity contribution in [1.82, 2.24) is 25.6 Å². The van der Waals surface area contributed by atoms with Gasteiger partial charge in [0.2, 0.25) is 0 Å². The molecule has 1 aromatic carbocycles. The monoisotopic (exact) mass is 275 g/mol. The van der Waals surface area contributed by atoms with Crippen LogP contribution in [0.5, 0.6) is 0 Å². The predicted molar refractivity (Wildman–Crippen MR) is 71.1 cm³/mol. The fraction of sp³-hybridized carbons (Fsp3) is 0.250. The lowest BCUT2D eigenvalue weighted by molar-refractivity contribution is -0.123. The van der Waals surface area contributed by atoms with Gasteiger partial charge in [0.25, 0.3) is 11.5 Å². The molecule has 0 aliphatic heterocycles. The van der Waals surface area contributed by atoms with Gasteiger partial charge in [-0.3, -0.25) is 14.9 Å². The summed E-state index contributed by atoms with van der Waals surface area (Å²) in [5.41, 5.74) is 0.0165. The normalized spacial score (nSPS) is 11.9. The van der Waals surface area contributed by atoms with E-state index in [1.807, 2.05) is 0 Å². The van der Waals surface area contributed by atoms with E-state index in [1.165, 1.54) is 14.0 Å². The minimum atomic E-state index is -0.947. The van der Waals surface area contributed by atoms with Gasteiger partial charge in [0.15, 0.2) is 0 Å². The second-order valence-corrected chi connectivity index (χ2v) is 4.10. The summed E-state index contributed by atoms with van der Waals surface area (Å²) in [6, 6.07) is 5.10. The Labute approximate surface area is 113 Å². The number of amides is 3. The highest BCUT2D eigenvalue weighted by atomic mass is 16.2. The molecule has 2 N–H and O–H groups in total. The van der Waals surface area contributed by atoms with Crippen LogP contribution < -0.4 is 16.2 Å². The van der Waals surface area contributed by atoms with Gasteiger partial charge in [-0.15, -0.1) is 5.10 Å². The first-order valence-corrected chi connectivity index (χ1v) is 5.91. The van der Waals surface area contributed by atoms with Gasteiger partial charge in [0, 0.05) is 7.05 Å². The van der Waals surface area contributed by atoms with E-state index in [-0.39, 0.29) is 0 Å². The molecule has 0 saturated carbocycles. The largest absolute Gasteiger partial charge is 0.341 e. The number of nitrogens with one attached hydrogen (secondary N) is 2. The lowest BCUT2D eigenvalue weighted by Crippen LogP contribution is -2.43. The highest BCUT2D eigenvalue weighted by Gasteiger charge is 2.20. The molecule has 2 rings (SSSR count). The van der Waals surface area contributed by atoms with Crippen LogP contribution in [0.2, 0.25) is 0 Å². The van der Waals surface area contributed by atoms with E-state index in [0.717, 1.165) is 4.68 Å². The number of fused-ring (bicyclic) bond motifs is 1. The predicted octanol–water partition coefficient (Wildman–Crippen LogP) is -0.192. The molecule has 0 fully saturated rings. The van der Waals surface area contributed by atoms with E-state index >= 15 is 0 Å². The average molecular weight is 275 g/mol. The number of hydrogen-bond acceptors (Lipinski definition) is 5. The fourth-order valence-corrected chi connectivity index (χ4v) is 1.65. The minimum absolute atomic E-state index is 0.363. The Morgan fingerprint density at radius 2 is 2.00 bits per heavy atom. The van der Waals surface area contributed by atoms with Crippen LogP contribution in [0.25, 0.3) is 10.9 Å². The van der Waals surface area contributed by atoms with Crippen molar-refractivity contribution in [1.29, 1.82) is 0 Å². The molecular weight excluding hydrogens is 262 g/mol. The Bertz CT molecular complexity index is 724. The number of benzene rings is 1. The molecule has 3 amide bonds. The van der Waals surface area contributed by atoms with Gasteiger partial charge in [-0.2, -0.15) is 4.68 Å². The van der Waals surface area contributed by atoms with E-state index in [0.29, 0.717) is 10.9 Å². The number of carbonyl (C=O) groups is 2. The summed E-state index contributed by atoms with van der Waals surface area (Å²) in [5, 5.41) is 12.3. The second-order valence-electron chi connectivity index (χ2n) is 4.10. The van der Waals surface area contributed by atoms with E-state index in [9.17, 15) is 14.4 Å². The van der Waals surface area contributed by atoms with Gasteiger partial charge < -0.3 is 5.32 Å². The number of rotatable bonds is 2. The maximum Gasteiger partial charge on any atom is 0.321 e. The first-order chi connectivity index (χ1) is 9.54. The van der Waals surface area contributed by atoms with Crippen molar-refractivity contribution in [2.75, 3.05) is 7.05 Å². The van der Waals surface area contributed by atoms with Gasteiger partial charge in [-0.05, 0) is 19.1 Å². The maximum absolute atomic E-state index is 12.2. The average Bonchev–Trinajstić information content (AvgIpc) is 2.47. The van der Waals surface area contributed by atoms with E-state index in [2.05, 4.69) is 20.9 Å². The van der Waals surface area contributed by atoms with Crippen molar-refractivity contribution < 1.29 is 9.59 Å². The van der Waals surface area contributed by atoms with Crippen molar-refractivity contribution >= 4 is 22.8 Å². The summed E-state index contributed by atoms with van der Waals surface area (Å²) >= 11 is 0. The molecule has 0 bridgehead atoms. The molecule has 8 heteroatoms. The molecule has 0 aliphatic carbocycles. The van der Waals surface area contributed by atoms with E-state index in [1.54, 1.807) is 24.3 Å². The van der Waals surface area contributed by atoms with Crippen LogP contribution >= 0.6 is 0 Å².